The zero-order chi connectivity index (χ0) is 14.8. The lowest BCUT2D eigenvalue weighted by atomic mass is 9.92. The normalized spacial score (nSPS) is 11.0. The number of fused-ring (bicyclic) bond motifs is 1. The topological polar surface area (TPSA) is 46.3 Å². The van der Waals surface area contributed by atoms with E-state index in [2.05, 4.69) is 30.3 Å². The van der Waals surface area contributed by atoms with Crippen LogP contribution < -0.4 is 5.73 Å². The Balaban J connectivity index is 0.00000220. The van der Waals surface area contributed by atoms with E-state index in [0.29, 0.717) is 13.1 Å². The number of nitrogens with two attached hydrogens (primary N) is 1. The van der Waals surface area contributed by atoms with Crippen LogP contribution in [0.15, 0.2) is 42.5 Å². The van der Waals surface area contributed by atoms with E-state index in [9.17, 15) is 4.79 Å². The number of hydrogen-bond acceptors (Lipinski definition) is 2. The van der Waals surface area contributed by atoms with Crippen molar-refractivity contribution in [2.24, 2.45) is 11.1 Å². The summed E-state index contributed by atoms with van der Waals surface area (Å²) in [5.74, 6) is 0.0770. The molecule has 0 unspecified atom stereocenters. The van der Waals surface area contributed by atoms with Gasteiger partial charge in [0, 0.05) is 20.1 Å². The molecule has 0 atom stereocenters. The molecule has 2 N–H and O–H groups in total. The summed E-state index contributed by atoms with van der Waals surface area (Å²) in [7, 11) is 1.83. The van der Waals surface area contributed by atoms with Crippen molar-refractivity contribution in [2.45, 2.75) is 20.4 Å². The lowest BCUT2D eigenvalue weighted by molar-refractivity contribution is -0.139. The molecule has 2 rings (SSSR count). The molecule has 0 spiro atoms. The molecule has 4 heteroatoms. The average molecular weight is 307 g/mol. The van der Waals surface area contributed by atoms with E-state index in [4.69, 9.17) is 5.73 Å². The van der Waals surface area contributed by atoms with Gasteiger partial charge < -0.3 is 10.6 Å². The summed E-state index contributed by atoms with van der Waals surface area (Å²) in [6, 6.07) is 14.5. The molecule has 2 aromatic carbocycles. The minimum Gasteiger partial charge on any atom is -0.341 e. The minimum atomic E-state index is -0.508. The van der Waals surface area contributed by atoms with Gasteiger partial charge in [-0.15, -0.1) is 12.4 Å². The second-order valence-corrected chi connectivity index (χ2v) is 5.93. The van der Waals surface area contributed by atoms with Crippen LogP contribution in [0.4, 0.5) is 0 Å². The second kappa shape index (κ2) is 6.92. The van der Waals surface area contributed by atoms with Crippen molar-refractivity contribution < 1.29 is 4.79 Å². The molecule has 21 heavy (non-hydrogen) atoms. The number of carbonyl (C=O) groups is 1. The molecule has 114 valence electrons. The smallest absolute Gasteiger partial charge is 0.229 e. The van der Waals surface area contributed by atoms with E-state index in [1.165, 1.54) is 10.8 Å². The molecule has 0 saturated carbocycles. The van der Waals surface area contributed by atoms with Gasteiger partial charge >= 0.3 is 0 Å². The first-order chi connectivity index (χ1) is 9.44. The lowest BCUT2D eigenvalue weighted by Gasteiger charge is -2.28. The fourth-order valence-corrected chi connectivity index (χ4v) is 2.29. The number of hydrogen-bond donors (Lipinski definition) is 1. The quantitative estimate of drug-likeness (QED) is 0.943. The predicted molar refractivity (Wildman–Crippen MR) is 90.5 cm³/mol. The monoisotopic (exact) mass is 306 g/mol. The number of rotatable bonds is 4. The molecule has 0 aliphatic heterocycles. The van der Waals surface area contributed by atoms with Gasteiger partial charge in [0.25, 0.3) is 0 Å². The summed E-state index contributed by atoms with van der Waals surface area (Å²) < 4.78 is 0. The summed E-state index contributed by atoms with van der Waals surface area (Å²) in [6.45, 7) is 4.72. The molecular weight excluding hydrogens is 284 g/mol. The van der Waals surface area contributed by atoms with Crippen LogP contribution >= 0.6 is 12.4 Å². The van der Waals surface area contributed by atoms with Crippen molar-refractivity contribution in [3.05, 3.63) is 48.0 Å². The van der Waals surface area contributed by atoms with Gasteiger partial charge in [0.1, 0.15) is 0 Å². The number of amides is 1. The van der Waals surface area contributed by atoms with E-state index in [-0.39, 0.29) is 18.3 Å². The zero-order valence-electron chi connectivity index (χ0n) is 12.8. The van der Waals surface area contributed by atoms with Gasteiger partial charge in [-0.1, -0.05) is 36.4 Å². The SMILES string of the molecule is CN(Cc1ccc2ccccc2c1)C(=O)C(C)(C)CN.Cl. The molecule has 2 aromatic rings. The Morgan fingerprint density at radius 1 is 1.14 bits per heavy atom. The average Bonchev–Trinajstić information content (AvgIpc) is 2.46. The van der Waals surface area contributed by atoms with Crippen molar-refractivity contribution in [2.75, 3.05) is 13.6 Å². The third-order valence-electron chi connectivity index (χ3n) is 3.67. The maximum absolute atomic E-state index is 12.3. The highest BCUT2D eigenvalue weighted by molar-refractivity contribution is 5.85. The molecule has 0 fully saturated rings. The summed E-state index contributed by atoms with van der Waals surface area (Å²) in [5.41, 5.74) is 6.29. The van der Waals surface area contributed by atoms with E-state index >= 15 is 0 Å². The largest absolute Gasteiger partial charge is 0.341 e. The molecule has 0 heterocycles. The molecule has 0 saturated heterocycles. The van der Waals surface area contributed by atoms with Gasteiger partial charge in [-0.3, -0.25) is 4.79 Å². The first-order valence-corrected chi connectivity index (χ1v) is 6.87. The predicted octanol–water partition coefficient (Wildman–Crippen LogP) is 3.20. The van der Waals surface area contributed by atoms with E-state index < -0.39 is 5.41 Å². The van der Waals surface area contributed by atoms with Crippen LogP contribution in [0, 0.1) is 5.41 Å². The van der Waals surface area contributed by atoms with Gasteiger partial charge in [0.15, 0.2) is 0 Å². The zero-order valence-corrected chi connectivity index (χ0v) is 13.6. The highest BCUT2D eigenvalue weighted by atomic mass is 35.5. The van der Waals surface area contributed by atoms with Crippen LogP contribution in [-0.4, -0.2) is 24.4 Å². The van der Waals surface area contributed by atoms with Crippen molar-refractivity contribution in [3.63, 3.8) is 0 Å². The minimum absolute atomic E-state index is 0. The Labute approximate surface area is 132 Å². The van der Waals surface area contributed by atoms with Crippen LogP contribution in [0.1, 0.15) is 19.4 Å². The Hall–Kier alpha value is -1.58. The van der Waals surface area contributed by atoms with E-state index in [0.717, 1.165) is 5.56 Å². The molecule has 0 radical (unpaired) electrons. The van der Waals surface area contributed by atoms with Crippen LogP contribution in [0.2, 0.25) is 0 Å². The first kappa shape index (κ1) is 17.5. The van der Waals surface area contributed by atoms with Crippen LogP contribution in [0.25, 0.3) is 10.8 Å². The first-order valence-electron chi connectivity index (χ1n) is 6.87. The van der Waals surface area contributed by atoms with Crippen LogP contribution in [0.3, 0.4) is 0 Å². The van der Waals surface area contributed by atoms with Crippen LogP contribution in [0.5, 0.6) is 0 Å². The second-order valence-electron chi connectivity index (χ2n) is 5.93. The summed E-state index contributed by atoms with van der Waals surface area (Å²) in [6.07, 6.45) is 0. The molecule has 0 aromatic heterocycles. The van der Waals surface area contributed by atoms with Crippen molar-refractivity contribution >= 4 is 29.1 Å². The number of carbonyl (C=O) groups excluding carboxylic acids is 1. The molecule has 0 aliphatic carbocycles. The molecule has 1 amide bonds. The number of nitrogens with zero attached hydrogens (tertiary/aromatic N) is 1. The van der Waals surface area contributed by atoms with Crippen molar-refractivity contribution in [3.8, 4) is 0 Å². The van der Waals surface area contributed by atoms with Crippen molar-refractivity contribution in [1.29, 1.82) is 0 Å². The molecule has 0 bridgehead atoms. The Morgan fingerprint density at radius 3 is 2.38 bits per heavy atom. The molecule has 3 nitrogen and oxygen atoms in total. The third kappa shape index (κ3) is 3.96. The summed E-state index contributed by atoms with van der Waals surface area (Å²) >= 11 is 0. The number of benzene rings is 2. The lowest BCUT2D eigenvalue weighted by Crippen LogP contribution is -2.42. The Kier molecular flexibility index (Phi) is 5.76. The number of halogens is 1. The van der Waals surface area contributed by atoms with Gasteiger partial charge in [-0.2, -0.15) is 0 Å². The summed E-state index contributed by atoms with van der Waals surface area (Å²) in [4.78, 5) is 14.1. The molecular formula is C17H23ClN2O. The highest BCUT2D eigenvalue weighted by Gasteiger charge is 2.28. The molecule has 0 aliphatic rings. The van der Waals surface area contributed by atoms with E-state index in [1.54, 1.807) is 4.90 Å². The highest BCUT2D eigenvalue weighted by Crippen LogP contribution is 2.20. The van der Waals surface area contributed by atoms with Gasteiger partial charge in [0.05, 0.1) is 5.41 Å². The van der Waals surface area contributed by atoms with E-state index in [1.807, 2.05) is 33.0 Å². The maximum atomic E-state index is 12.3. The Bertz CT molecular complexity index is 625. The fourth-order valence-electron chi connectivity index (χ4n) is 2.29. The standard InChI is InChI=1S/C17H22N2O.ClH/c1-17(2,12-18)16(20)19(3)11-13-8-9-14-6-4-5-7-15(14)10-13;/h4-10H,11-12,18H2,1-3H3;1H. The third-order valence-corrected chi connectivity index (χ3v) is 3.67. The van der Waals surface area contributed by atoms with Crippen molar-refractivity contribution in [1.82, 2.24) is 4.90 Å². The van der Waals surface area contributed by atoms with Gasteiger partial charge in [-0.25, -0.2) is 0 Å². The van der Waals surface area contributed by atoms with Gasteiger partial charge in [-0.05, 0) is 36.2 Å². The maximum Gasteiger partial charge on any atom is 0.229 e. The Morgan fingerprint density at radius 2 is 1.76 bits per heavy atom. The fraction of sp³-hybridized carbons (Fsp3) is 0.353. The summed E-state index contributed by atoms with van der Waals surface area (Å²) in [5, 5.41) is 2.41. The van der Waals surface area contributed by atoms with Crippen LogP contribution in [-0.2, 0) is 11.3 Å². The van der Waals surface area contributed by atoms with Gasteiger partial charge in [0.2, 0.25) is 5.91 Å².